The topological polar surface area (TPSA) is 62.5 Å². The van der Waals surface area contributed by atoms with E-state index in [2.05, 4.69) is 31.2 Å². The Bertz CT molecular complexity index is 497. The normalized spacial score (nSPS) is 12.9. The number of rotatable bonds is 5. The predicted octanol–water partition coefficient (Wildman–Crippen LogP) is 2.06. The number of hydrogen-bond donors (Lipinski definition) is 2. The molecular formula is C11H15BrN4O. The van der Waals surface area contributed by atoms with Gasteiger partial charge in [0.1, 0.15) is 4.60 Å². The Morgan fingerprint density at radius 1 is 1.59 bits per heavy atom. The van der Waals surface area contributed by atoms with E-state index in [4.69, 9.17) is 5.11 Å². The van der Waals surface area contributed by atoms with Crippen molar-refractivity contribution >= 4 is 27.4 Å². The third kappa shape index (κ3) is 3.17. The van der Waals surface area contributed by atoms with Crippen LogP contribution in [0.2, 0.25) is 0 Å². The first-order valence-electron chi connectivity index (χ1n) is 5.58. The summed E-state index contributed by atoms with van der Waals surface area (Å²) in [4.78, 5) is 8.59. The Balaban J connectivity index is 2.04. The Morgan fingerprint density at radius 2 is 2.41 bits per heavy atom. The van der Waals surface area contributed by atoms with Crippen molar-refractivity contribution in [1.29, 1.82) is 0 Å². The molecule has 1 unspecified atom stereocenters. The maximum atomic E-state index is 9.17. The highest BCUT2D eigenvalue weighted by Crippen LogP contribution is 2.16. The zero-order chi connectivity index (χ0) is 12.3. The van der Waals surface area contributed by atoms with Gasteiger partial charge in [-0.15, -0.1) is 0 Å². The smallest absolute Gasteiger partial charge is 0.180 e. The van der Waals surface area contributed by atoms with Gasteiger partial charge in [0, 0.05) is 25.1 Å². The Labute approximate surface area is 108 Å². The molecule has 0 radical (unpaired) electrons. The molecule has 6 heteroatoms. The summed E-state index contributed by atoms with van der Waals surface area (Å²) >= 11 is 3.36. The van der Waals surface area contributed by atoms with Gasteiger partial charge in [-0.3, -0.25) is 0 Å². The molecule has 0 spiro atoms. The second kappa shape index (κ2) is 5.46. The highest BCUT2D eigenvalue weighted by molar-refractivity contribution is 9.10. The highest BCUT2D eigenvalue weighted by atomic mass is 79.9. The number of aromatic nitrogens is 3. The fourth-order valence-corrected chi connectivity index (χ4v) is 2.02. The summed E-state index contributed by atoms with van der Waals surface area (Å²) in [6, 6.07) is 0. The van der Waals surface area contributed by atoms with Crippen LogP contribution >= 0.6 is 15.9 Å². The molecule has 17 heavy (non-hydrogen) atoms. The number of fused-ring (bicyclic) bond motifs is 1. The van der Waals surface area contributed by atoms with E-state index >= 15 is 0 Å². The van der Waals surface area contributed by atoms with Crippen LogP contribution in [-0.2, 0) is 0 Å². The first-order valence-corrected chi connectivity index (χ1v) is 6.37. The monoisotopic (exact) mass is 298 g/mol. The van der Waals surface area contributed by atoms with E-state index in [1.807, 2.05) is 16.8 Å². The third-order valence-corrected chi connectivity index (χ3v) is 2.82. The van der Waals surface area contributed by atoms with E-state index in [9.17, 15) is 0 Å². The van der Waals surface area contributed by atoms with Crippen molar-refractivity contribution in [3.8, 4) is 0 Å². The molecule has 0 saturated heterocycles. The van der Waals surface area contributed by atoms with E-state index in [-0.39, 0.29) is 6.10 Å². The van der Waals surface area contributed by atoms with Gasteiger partial charge in [0.2, 0.25) is 0 Å². The van der Waals surface area contributed by atoms with E-state index in [1.165, 1.54) is 0 Å². The molecule has 0 fully saturated rings. The van der Waals surface area contributed by atoms with E-state index in [1.54, 1.807) is 13.1 Å². The van der Waals surface area contributed by atoms with Gasteiger partial charge in [-0.1, -0.05) is 0 Å². The molecule has 0 bridgehead atoms. The second-order valence-corrected chi connectivity index (χ2v) is 4.80. The van der Waals surface area contributed by atoms with Gasteiger partial charge in [-0.2, -0.15) is 0 Å². The summed E-state index contributed by atoms with van der Waals surface area (Å²) < 4.78 is 2.68. The summed E-state index contributed by atoms with van der Waals surface area (Å²) in [6.45, 7) is 2.57. The molecule has 2 aromatic rings. The predicted molar refractivity (Wildman–Crippen MR) is 70.1 cm³/mol. The Morgan fingerprint density at radius 3 is 3.18 bits per heavy atom. The average molecular weight is 299 g/mol. The molecule has 2 heterocycles. The summed E-state index contributed by atoms with van der Waals surface area (Å²) in [5, 5.41) is 12.4. The lowest BCUT2D eigenvalue weighted by molar-refractivity contribution is 0.183. The largest absolute Gasteiger partial charge is 0.393 e. The van der Waals surface area contributed by atoms with Crippen LogP contribution in [0.15, 0.2) is 23.2 Å². The zero-order valence-electron chi connectivity index (χ0n) is 9.60. The second-order valence-electron chi connectivity index (χ2n) is 3.99. The molecule has 0 amide bonds. The molecule has 0 saturated carbocycles. The third-order valence-electron chi connectivity index (χ3n) is 2.44. The summed E-state index contributed by atoms with van der Waals surface area (Å²) in [7, 11) is 0. The number of nitrogens with zero attached hydrogens (tertiary/aromatic N) is 3. The van der Waals surface area contributed by atoms with Crippen LogP contribution in [0.3, 0.4) is 0 Å². The lowest BCUT2D eigenvalue weighted by Gasteiger charge is -2.08. The van der Waals surface area contributed by atoms with Gasteiger partial charge in [-0.05, 0) is 35.7 Å². The number of anilines is 1. The van der Waals surface area contributed by atoms with Gasteiger partial charge in [-0.25, -0.2) is 9.97 Å². The van der Waals surface area contributed by atoms with E-state index < -0.39 is 0 Å². The molecular weight excluding hydrogens is 284 g/mol. The van der Waals surface area contributed by atoms with Crippen molar-refractivity contribution < 1.29 is 5.11 Å². The van der Waals surface area contributed by atoms with Crippen LogP contribution in [0.5, 0.6) is 0 Å². The van der Waals surface area contributed by atoms with Crippen molar-refractivity contribution in [1.82, 2.24) is 14.4 Å². The molecule has 2 aromatic heterocycles. The molecule has 0 aliphatic rings. The van der Waals surface area contributed by atoms with E-state index in [0.29, 0.717) is 0 Å². The minimum Gasteiger partial charge on any atom is -0.393 e. The van der Waals surface area contributed by atoms with Crippen molar-refractivity contribution in [3.63, 3.8) is 0 Å². The SMILES string of the molecule is CC(O)CCCNc1nc(Br)cn2ccnc12. The number of hydrogen-bond acceptors (Lipinski definition) is 4. The van der Waals surface area contributed by atoms with Crippen LogP contribution in [0.1, 0.15) is 19.8 Å². The Kier molecular flexibility index (Phi) is 3.96. The first-order chi connectivity index (χ1) is 8.16. The molecule has 0 aliphatic heterocycles. The van der Waals surface area contributed by atoms with Crippen LogP contribution in [0.4, 0.5) is 5.82 Å². The number of halogens is 1. The molecule has 92 valence electrons. The summed E-state index contributed by atoms with van der Waals surface area (Å²) in [5.74, 6) is 0.759. The van der Waals surface area contributed by atoms with Crippen molar-refractivity contribution in [3.05, 3.63) is 23.2 Å². The van der Waals surface area contributed by atoms with Gasteiger partial charge in [0.25, 0.3) is 0 Å². The summed E-state index contributed by atoms with van der Waals surface area (Å²) in [5.41, 5.74) is 0.810. The van der Waals surface area contributed by atoms with Crippen LogP contribution in [0.25, 0.3) is 5.65 Å². The fourth-order valence-electron chi connectivity index (χ4n) is 1.62. The maximum Gasteiger partial charge on any atom is 0.180 e. The van der Waals surface area contributed by atoms with Crippen molar-refractivity contribution in [2.45, 2.75) is 25.9 Å². The minimum atomic E-state index is -0.251. The van der Waals surface area contributed by atoms with E-state index in [0.717, 1.165) is 35.5 Å². The average Bonchev–Trinajstić information content (AvgIpc) is 2.71. The van der Waals surface area contributed by atoms with Crippen molar-refractivity contribution in [2.75, 3.05) is 11.9 Å². The van der Waals surface area contributed by atoms with Crippen molar-refractivity contribution in [2.24, 2.45) is 0 Å². The number of aliphatic hydroxyl groups is 1. The quantitative estimate of drug-likeness (QED) is 0.830. The zero-order valence-corrected chi connectivity index (χ0v) is 11.2. The lowest BCUT2D eigenvalue weighted by atomic mass is 10.2. The number of nitrogens with one attached hydrogen (secondary N) is 1. The Hall–Kier alpha value is -1.14. The van der Waals surface area contributed by atoms with Crippen LogP contribution in [-0.4, -0.2) is 32.1 Å². The molecule has 1 atom stereocenters. The minimum absolute atomic E-state index is 0.251. The molecule has 2 N–H and O–H groups in total. The standard InChI is InChI=1S/C11H15BrN4O/c1-8(17)3-2-4-13-10-11-14-5-6-16(11)7-9(12)15-10/h5-8,17H,2-4H2,1H3,(H,13,15). The van der Waals surface area contributed by atoms with Crippen LogP contribution < -0.4 is 5.32 Å². The number of aliphatic hydroxyl groups excluding tert-OH is 1. The van der Waals surface area contributed by atoms with Crippen LogP contribution in [0, 0.1) is 0 Å². The van der Waals surface area contributed by atoms with Gasteiger partial charge >= 0.3 is 0 Å². The van der Waals surface area contributed by atoms with Gasteiger partial charge in [0.05, 0.1) is 6.10 Å². The molecule has 2 rings (SSSR count). The fraction of sp³-hybridized carbons (Fsp3) is 0.455. The lowest BCUT2D eigenvalue weighted by Crippen LogP contribution is -2.08. The molecule has 0 aliphatic carbocycles. The first kappa shape index (κ1) is 12.3. The highest BCUT2D eigenvalue weighted by Gasteiger charge is 2.05. The summed E-state index contributed by atoms with van der Waals surface area (Å²) in [6.07, 6.45) is 6.92. The molecule has 5 nitrogen and oxygen atoms in total. The maximum absolute atomic E-state index is 9.17. The van der Waals surface area contributed by atoms with Gasteiger partial charge in [0.15, 0.2) is 11.5 Å². The van der Waals surface area contributed by atoms with Gasteiger partial charge < -0.3 is 14.8 Å². The molecule has 0 aromatic carbocycles. The number of imidazole rings is 1.